The van der Waals surface area contributed by atoms with Crippen LogP contribution in [0, 0.1) is 0 Å². The number of hydrazone groups is 1. The van der Waals surface area contributed by atoms with Crippen LogP contribution in [0.4, 0.5) is 0 Å². The van der Waals surface area contributed by atoms with E-state index in [4.69, 9.17) is 37.4 Å². The van der Waals surface area contributed by atoms with Crippen LogP contribution in [0.15, 0.2) is 65.8 Å². The minimum Gasteiger partial charge on any atom is -0.497 e. The van der Waals surface area contributed by atoms with Gasteiger partial charge in [-0.3, -0.25) is 4.79 Å². The third-order valence-electron chi connectivity index (χ3n) is 4.33. The van der Waals surface area contributed by atoms with Gasteiger partial charge in [-0.25, -0.2) is 5.43 Å². The number of benzene rings is 3. The zero-order chi connectivity index (χ0) is 22.2. The molecule has 3 aromatic carbocycles. The van der Waals surface area contributed by atoms with E-state index in [0.29, 0.717) is 38.4 Å². The molecule has 0 saturated heterocycles. The number of hydrogen-bond donors (Lipinski definition) is 1. The number of carbonyl (C=O) groups excluding carboxylic acids is 1. The summed E-state index contributed by atoms with van der Waals surface area (Å²) in [7, 11) is 3.13. The quantitative estimate of drug-likeness (QED) is 0.364. The highest BCUT2D eigenvalue weighted by molar-refractivity contribution is 6.35. The molecule has 0 unspecified atom stereocenters. The molecule has 0 aromatic heterocycles. The predicted molar refractivity (Wildman–Crippen MR) is 122 cm³/mol. The van der Waals surface area contributed by atoms with Crippen LogP contribution in [0.2, 0.25) is 10.0 Å². The van der Waals surface area contributed by atoms with Gasteiger partial charge in [0.25, 0.3) is 5.91 Å². The average molecular weight is 459 g/mol. The van der Waals surface area contributed by atoms with Gasteiger partial charge in [0.05, 0.1) is 20.4 Å². The number of methoxy groups -OCH3 is 2. The molecule has 0 fully saturated rings. The molecule has 160 valence electrons. The number of rotatable bonds is 8. The molecule has 0 aliphatic rings. The molecule has 0 heterocycles. The average Bonchev–Trinajstić information content (AvgIpc) is 2.78. The normalized spacial score (nSPS) is 10.7. The number of nitrogens with zero attached hydrogens (tertiary/aromatic N) is 1. The number of amides is 1. The molecule has 1 amide bonds. The molecular formula is C23H20Cl2N2O4. The lowest BCUT2D eigenvalue weighted by atomic mass is 10.2. The van der Waals surface area contributed by atoms with Gasteiger partial charge in [0.15, 0.2) is 0 Å². The largest absolute Gasteiger partial charge is 0.497 e. The van der Waals surface area contributed by atoms with E-state index in [0.717, 1.165) is 5.56 Å². The maximum absolute atomic E-state index is 12.3. The van der Waals surface area contributed by atoms with Crippen molar-refractivity contribution in [3.63, 3.8) is 0 Å². The summed E-state index contributed by atoms with van der Waals surface area (Å²) in [5.41, 5.74) is 4.41. The second-order valence-electron chi connectivity index (χ2n) is 6.36. The monoisotopic (exact) mass is 458 g/mol. The lowest BCUT2D eigenvalue weighted by Crippen LogP contribution is -2.17. The Bertz CT molecular complexity index is 1090. The number of halogens is 2. The SMILES string of the molecule is COc1ccc(OC)c(/C=N/NC(=O)c2ccc(OCc3ccc(Cl)cc3Cl)cc2)c1. The molecule has 0 spiro atoms. The first kappa shape index (κ1) is 22.5. The van der Waals surface area contributed by atoms with Crippen molar-refractivity contribution in [2.75, 3.05) is 14.2 Å². The molecule has 6 nitrogen and oxygen atoms in total. The summed E-state index contributed by atoms with van der Waals surface area (Å²) >= 11 is 12.0. The first-order valence-corrected chi connectivity index (χ1v) is 9.98. The van der Waals surface area contributed by atoms with Crippen LogP contribution >= 0.6 is 23.2 Å². The van der Waals surface area contributed by atoms with Crippen molar-refractivity contribution in [2.24, 2.45) is 5.10 Å². The Hall–Kier alpha value is -3.22. The highest BCUT2D eigenvalue weighted by atomic mass is 35.5. The van der Waals surface area contributed by atoms with Gasteiger partial charge in [-0.05, 0) is 54.6 Å². The van der Waals surface area contributed by atoms with Crippen LogP contribution in [-0.4, -0.2) is 26.3 Å². The first-order chi connectivity index (χ1) is 15.0. The van der Waals surface area contributed by atoms with Crippen LogP contribution < -0.4 is 19.6 Å². The molecule has 0 radical (unpaired) electrons. The van der Waals surface area contributed by atoms with E-state index in [2.05, 4.69) is 10.5 Å². The Kier molecular flexibility index (Phi) is 7.76. The van der Waals surface area contributed by atoms with Gasteiger partial charge < -0.3 is 14.2 Å². The molecule has 0 aliphatic carbocycles. The lowest BCUT2D eigenvalue weighted by Gasteiger charge is -2.09. The minimum atomic E-state index is -0.356. The molecule has 31 heavy (non-hydrogen) atoms. The lowest BCUT2D eigenvalue weighted by molar-refractivity contribution is 0.0955. The fourth-order valence-electron chi connectivity index (χ4n) is 2.67. The molecule has 3 aromatic rings. The Labute approximate surface area is 190 Å². The van der Waals surface area contributed by atoms with E-state index in [1.54, 1.807) is 68.8 Å². The van der Waals surface area contributed by atoms with E-state index in [9.17, 15) is 4.79 Å². The maximum Gasteiger partial charge on any atom is 0.271 e. The molecule has 0 atom stereocenters. The van der Waals surface area contributed by atoms with E-state index >= 15 is 0 Å². The number of hydrogen-bond acceptors (Lipinski definition) is 5. The van der Waals surface area contributed by atoms with E-state index in [1.165, 1.54) is 6.21 Å². The highest BCUT2D eigenvalue weighted by Crippen LogP contribution is 2.23. The van der Waals surface area contributed by atoms with E-state index in [-0.39, 0.29) is 12.5 Å². The van der Waals surface area contributed by atoms with Gasteiger partial charge in [0.1, 0.15) is 23.9 Å². The summed E-state index contributed by atoms with van der Waals surface area (Å²) in [5, 5.41) is 5.10. The Morgan fingerprint density at radius 3 is 2.39 bits per heavy atom. The molecule has 1 N–H and O–H groups in total. The second-order valence-corrected chi connectivity index (χ2v) is 7.20. The minimum absolute atomic E-state index is 0.286. The zero-order valence-corrected chi connectivity index (χ0v) is 18.4. The van der Waals surface area contributed by atoms with Crippen molar-refractivity contribution >= 4 is 35.3 Å². The van der Waals surface area contributed by atoms with Gasteiger partial charge in [-0.1, -0.05) is 29.3 Å². The Morgan fingerprint density at radius 1 is 0.968 bits per heavy atom. The zero-order valence-electron chi connectivity index (χ0n) is 16.9. The summed E-state index contributed by atoms with van der Waals surface area (Å²) < 4.78 is 16.2. The van der Waals surface area contributed by atoms with E-state index in [1.807, 2.05) is 6.07 Å². The van der Waals surface area contributed by atoms with Crippen LogP contribution in [0.5, 0.6) is 17.2 Å². The van der Waals surface area contributed by atoms with Gasteiger partial charge in [0, 0.05) is 26.7 Å². The van der Waals surface area contributed by atoms with Crippen molar-refractivity contribution in [3.8, 4) is 17.2 Å². The van der Waals surface area contributed by atoms with Crippen LogP contribution in [0.3, 0.4) is 0 Å². The number of ether oxygens (including phenoxy) is 3. The van der Waals surface area contributed by atoms with Crippen LogP contribution in [0.25, 0.3) is 0 Å². The maximum atomic E-state index is 12.3. The number of nitrogens with one attached hydrogen (secondary N) is 1. The van der Waals surface area contributed by atoms with Gasteiger partial charge in [-0.2, -0.15) is 5.10 Å². The van der Waals surface area contributed by atoms with Crippen molar-refractivity contribution in [3.05, 3.63) is 87.4 Å². The molecule has 3 rings (SSSR count). The third kappa shape index (κ3) is 6.13. The summed E-state index contributed by atoms with van der Waals surface area (Å²) in [6.45, 7) is 0.286. The molecule has 8 heteroatoms. The third-order valence-corrected chi connectivity index (χ3v) is 4.92. The first-order valence-electron chi connectivity index (χ1n) is 9.22. The summed E-state index contributed by atoms with van der Waals surface area (Å²) in [6.07, 6.45) is 1.49. The molecular weight excluding hydrogens is 439 g/mol. The van der Waals surface area contributed by atoms with Gasteiger partial charge in [-0.15, -0.1) is 0 Å². The van der Waals surface area contributed by atoms with Gasteiger partial charge in [0.2, 0.25) is 0 Å². The smallest absolute Gasteiger partial charge is 0.271 e. The highest BCUT2D eigenvalue weighted by Gasteiger charge is 2.07. The standard InChI is InChI=1S/C23H20Cl2N2O4/c1-29-20-9-10-22(30-2)17(11-20)13-26-27-23(28)15-4-7-19(8-5-15)31-14-16-3-6-18(24)12-21(16)25/h3-13H,14H2,1-2H3,(H,27,28)/b26-13+. The Balaban J connectivity index is 1.58. The Morgan fingerprint density at radius 2 is 1.71 bits per heavy atom. The number of carbonyl (C=O) groups is 1. The fourth-order valence-corrected chi connectivity index (χ4v) is 3.13. The summed E-state index contributed by atoms with van der Waals surface area (Å²) in [6, 6.07) is 17.2. The second kappa shape index (κ2) is 10.7. The predicted octanol–water partition coefficient (Wildman–Crippen LogP) is 5.35. The summed E-state index contributed by atoms with van der Waals surface area (Å²) in [5.74, 6) is 1.52. The summed E-state index contributed by atoms with van der Waals surface area (Å²) in [4.78, 5) is 12.3. The van der Waals surface area contributed by atoms with E-state index < -0.39 is 0 Å². The molecule has 0 aliphatic heterocycles. The molecule has 0 saturated carbocycles. The van der Waals surface area contributed by atoms with Gasteiger partial charge >= 0.3 is 0 Å². The fraction of sp³-hybridized carbons (Fsp3) is 0.130. The van der Waals surface area contributed by atoms with Crippen LogP contribution in [0.1, 0.15) is 21.5 Å². The molecule has 0 bridgehead atoms. The van der Waals surface area contributed by atoms with Crippen molar-refractivity contribution in [2.45, 2.75) is 6.61 Å². The van der Waals surface area contributed by atoms with Crippen molar-refractivity contribution in [1.82, 2.24) is 5.43 Å². The topological polar surface area (TPSA) is 69.2 Å². The van der Waals surface area contributed by atoms with Crippen LogP contribution in [-0.2, 0) is 6.61 Å². The van der Waals surface area contributed by atoms with Crippen molar-refractivity contribution < 1.29 is 19.0 Å². The van der Waals surface area contributed by atoms with Crippen molar-refractivity contribution in [1.29, 1.82) is 0 Å².